The average Bonchev–Trinajstić information content (AvgIpc) is 3.56. The lowest BCUT2D eigenvalue weighted by Gasteiger charge is -2.46. The topological polar surface area (TPSA) is 57.0 Å². The Morgan fingerprint density at radius 3 is 2.64 bits per heavy atom. The van der Waals surface area contributed by atoms with E-state index in [2.05, 4.69) is 63.4 Å². The Bertz CT molecular complexity index is 1280. The van der Waals surface area contributed by atoms with Crippen LogP contribution in [0.25, 0.3) is 5.57 Å². The number of aromatic nitrogens is 3. The lowest BCUT2D eigenvalue weighted by molar-refractivity contribution is -0.108. The standard InChI is InChI=1S/C27H26BrN3O2/c1-16-11-27(12-16,26-30-29-15-31(26)2)19-5-3-4-18(8-19)24-14-33-25-21(17-6-7-17)9-20(28)10-22(25)23(24)13-32/h3-5,8-10,13-17,23H,6-7,11-12H2,1-2H3. The number of aldehydes is 1. The van der Waals surface area contributed by atoms with Gasteiger partial charge in [0.15, 0.2) is 0 Å². The molecule has 0 amide bonds. The maximum absolute atomic E-state index is 12.4. The smallest absolute Gasteiger partial charge is 0.143 e. The summed E-state index contributed by atoms with van der Waals surface area (Å²) in [7, 11) is 2.01. The van der Waals surface area contributed by atoms with Crippen molar-refractivity contribution in [2.75, 3.05) is 0 Å². The van der Waals surface area contributed by atoms with Crippen LogP contribution < -0.4 is 4.74 Å². The van der Waals surface area contributed by atoms with Crippen molar-refractivity contribution in [3.63, 3.8) is 0 Å². The van der Waals surface area contributed by atoms with Crippen LogP contribution in [0, 0.1) is 5.92 Å². The molecule has 2 heterocycles. The lowest BCUT2D eigenvalue weighted by atomic mass is 9.58. The zero-order valence-corrected chi connectivity index (χ0v) is 20.4. The van der Waals surface area contributed by atoms with Gasteiger partial charge in [-0.25, -0.2) is 0 Å². The van der Waals surface area contributed by atoms with E-state index in [0.29, 0.717) is 11.8 Å². The molecule has 2 aromatic carbocycles. The largest absolute Gasteiger partial charge is 0.464 e. The SMILES string of the molecule is CC1CC(c2cccc(C3=COc4c(C5CC5)cc(Br)cc4C3C=O)c2)(c2nncn2C)C1. The molecule has 1 aromatic heterocycles. The van der Waals surface area contributed by atoms with Crippen LogP contribution in [0.1, 0.15) is 72.5 Å². The highest BCUT2D eigenvalue weighted by molar-refractivity contribution is 9.10. The molecule has 1 unspecified atom stereocenters. The van der Waals surface area contributed by atoms with Crippen molar-refractivity contribution >= 4 is 27.8 Å². The first-order chi connectivity index (χ1) is 16.0. The molecule has 2 saturated carbocycles. The first kappa shape index (κ1) is 20.8. The minimum absolute atomic E-state index is 0.145. The molecule has 0 N–H and O–H groups in total. The van der Waals surface area contributed by atoms with Gasteiger partial charge < -0.3 is 14.1 Å². The molecular formula is C27H26BrN3O2. The van der Waals surface area contributed by atoms with Gasteiger partial charge in [-0.2, -0.15) is 0 Å². The minimum atomic E-state index is -0.356. The number of carbonyl (C=O) groups excluding carboxylic acids is 1. The number of nitrogens with zero attached hydrogens (tertiary/aromatic N) is 3. The second kappa shape index (κ2) is 7.66. The van der Waals surface area contributed by atoms with Gasteiger partial charge in [-0.05, 0) is 66.3 Å². The molecule has 1 aliphatic heterocycles. The van der Waals surface area contributed by atoms with Crippen molar-refractivity contribution in [1.29, 1.82) is 0 Å². The number of hydrogen-bond acceptors (Lipinski definition) is 4. The average molecular weight is 504 g/mol. The summed E-state index contributed by atoms with van der Waals surface area (Å²) in [6, 6.07) is 12.7. The second-order valence-electron chi connectivity index (χ2n) is 9.93. The number of benzene rings is 2. The first-order valence-corrected chi connectivity index (χ1v) is 12.4. The molecule has 33 heavy (non-hydrogen) atoms. The molecule has 168 valence electrons. The van der Waals surface area contributed by atoms with Gasteiger partial charge >= 0.3 is 0 Å². The molecule has 0 saturated heterocycles. The van der Waals surface area contributed by atoms with Crippen molar-refractivity contribution in [3.8, 4) is 5.75 Å². The maximum Gasteiger partial charge on any atom is 0.143 e. The molecule has 3 aliphatic rings. The van der Waals surface area contributed by atoms with Crippen molar-refractivity contribution in [1.82, 2.24) is 14.8 Å². The van der Waals surface area contributed by atoms with Gasteiger partial charge in [-0.15, -0.1) is 10.2 Å². The van der Waals surface area contributed by atoms with Crippen LogP contribution in [0.15, 0.2) is 53.5 Å². The van der Waals surface area contributed by atoms with E-state index in [4.69, 9.17) is 4.74 Å². The minimum Gasteiger partial charge on any atom is -0.464 e. The number of fused-ring (bicyclic) bond motifs is 1. The number of aryl methyl sites for hydroxylation is 1. The van der Waals surface area contributed by atoms with E-state index >= 15 is 0 Å². The van der Waals surface area contributed by atoms with Crippen LogP contribution in [-0.4, -0.2) is 21.1 Å². The van der Waals surface area contributed by atoms with E-state index in [0.717, 1.165) is 51.9 Å². The molecule has 0 bridgehead atoms. The van der Waals surface area contributed by atoms with Crippen molar-refractivity contribution < 1.29 is 9.53 Å². The third-order valence-corrected chi connectivity index (χ3v) is 7.98. The predicted octanol–water partition coefficient (Wildman–Crippen LogP) is 5.89. The Kier molecular flexibility index (Phi) is 4.84. The lowest BCUT2D eigenvalue weighted by Crippen LogP contribution is -2.43. The van der Waals surface area contributed by atoms with Crippen molar-refractivity contribution in [2.24, 2.45) is 13.0 Å². The molecule has 3 aromatic rings. The van der Waals surface area contributed by atoms with Gasteiger partial charge in [-0.1, -0.05) is 47.1 Å². The maximum atomic E-state index is 12.4. The van der Waals surface area contributed by atoms with Crippen molar-refractivity contribution in [3.05, 3.63) is 81.5 Å². The summed E-state index contributed by atoms with van der Waals surface area (Å²) >= 11 is 3.65. The Balaban J connectivity index is 1.42. The highest BCUT2D eigenvalue weighted by Crippen LogP contribution is 2.53. The molecule has 5 nitrogen and oxygen atoms in total. The third-order valence-electron chi connectivity index (χ3n) is 7.52. The summed E-state index contributed by atoms with van der Waals surface area (Å²) < 4.78 is 9.25. The van der Waals surface area contributed by atoms with Crippen molar-refractivity contribution in [2.45, 2.75) is 49.9 Å². The fraction of sp³-hybridized carbons (Fsp3) is 0.370. The van der Waals surface area contributed by atoms with Gasteiger partial charge in [0.05, 0.1) is 17.6 Å². The summed E-state index contributed by atoms with van der Waals surface area (Å²) in [4.78, 5) is 12.4. The number of rotatable bonds is 5. The number of carbonyl (C=O) groups is 1. The number of halogens is 1. The van der Waals surface area contributed by atoms with Crippen LogP contribution in [0.5, 0.6) is 5.75 Å². The van der Waals surface area contributed by atoms with Crippen LogP contribution in [0.3, 0.4) is 0 Å². The fourth-order valence-electron chi connectivity index (χ4n) is 5.85. The quantitative estimate of drug-likeness (QED) is 0.407. The van der Waals surface area contributed by atoms with Crippen LogP contribution >= 0.6 is 15.9 Å². The zero-order valence-electron chi connectivity index (χ0n) is 18.8. The highest BCUT2D eigenvalue weighted by atomic mass is 79.9. The summed E-state index contributed by atoms with van der Waals surface area (Å²) in [5.41, 5.74) is 5.15. The molecule has 1 atom stereocenters. The monoisotopic (exact) mass is 503 g/mol. The Labute approximate surface area is 202 Å². The number of hydrogen-bond donors (Lipinski definition) is 0. The van der Waals surface area contributed by atoms with E-state index in [1.165, 1.54) is 24.0 Å². The van der Waals surface area contributed by atoms with Crippen LogP contribution in [-0.2, 0) is 17.3 Å². The van der Waals surface area contributed by atoms with E-state index in [9.17, 15) is 4.79 Å². The summed E-state index contributed by atoms with van der Waals surface area (Å²) in [5, 5.41) is 8.63. The molecular weight excluding hydrogens is 478 g/mol. The first-order valence-electron chi connectivity index (χ1n) is 11.6. The molecule has 0 radical (unpaired) electrons. The van der Waals surface area contributed by atoms with E-state index in [1.807, 2.05) is 17.7 Å². The van der Waals surface area contributed by atoms with Gasteiger partial charge in [0.1, 0.15) is 24.2 Å². The normalized spacial score (nSPS) is 26.1. The molecule has 2 aliphatic carbocycles. The Morgan fingerprint density at radius 2 is 1.97 bits per heavy atom. The van der Waals surface area contributed by atoms with Crippen LogP contribution in [0.2, 0.25) is 0 Å². The highest BCUT2D eigenvalue weighted by Gasteiger charge is 2.48. The van der Waals surface area contributed by atoms with Gasteiger partial charge in [0.25, 0.3) is 0 Å². The Morgan fingerprint density at radius 1 is 1.18 bits per heavy atom. The summed E-state index contributed by atoms with van der Waals surface area (Å²) in [5.74, 6) is 2.68. The molecule has 0 spiro atoms. The van der Waals surface area contributed by atoms with Gasteiger partial charge in [0, 0.05) is 22.7 Å². The summed E-state index contributed by atoms with van der Waals surface area (Å²) in [6.07, 6.45) is 9.05. The zero-order chi connectivity index (χ0) is 22.7. The molecule has 6 heteroatoms. The van der Waals surface area contributed by atoms with Crippen LogP contribution in [0.4, 0.5) is 0 Å². The van der Waals surface area contributed by atoms with Gasteiger partial charge in [-0.3, -0.25) is 0 Å². The van der Waals surface area contributed by atoms with Gasteiger partial charge in [0.2, 0.25) is 0 Å². The Hall–Kier alpha value is -2.73. The predicted molar refractivity (Wildman–Crippen MR) is 130 cm³/mol. The van der Waals surface area contributed by atoms with E-state index in [-0.39, 0.29) is 11.3 Å². The summed E-state index contributed by atoms with van der Waals surface area (Å²) in [6.45, 7) is 2.28. The number of allylic oxidation sites excluding steroid dienone is 1. The number of ether oxygens (including phenoxy) is 1. The van der Waals surface area contributed by atoms with E-state index in [1.54, 1.807) is 12.6 Å². The second-order valence-corrected chi connectivity index (χ2v) is 10.8. The molecule has 6 rings (SSSR count). The van der Waals surface area contributed by atoms with E-state index < -0.39 is 0 Å². The third kappa shape index (κ3) is 3.30. The fourth-order valence-corrected chi connectivity index (χ4v) is 6.34. The molecule has 2 fully saturated rings.